The Hall–Kier alpha value is 0.274. The Kier molecular flexibility index (Phi) is 6.52. The Labute approximate surface area is 62.5 Å². The quantitative estimate of drug-likeness (QED) is 0.390. The van der Waals surface area contributed by atoms with Gasteiger partial charge in [0.2, 0.25) is 0 Å². The van der Waals surface area contributed by atoms with Crippen LogP contribution in [0.5, 0.6) is 0 Å². The van der Waals surface area contributed by atoms with E-state index in [2.05, 4.69) is 24.4 Å². The van der Waals surface area contributed by atoms with Crippen molar-refractivity contribution >= 4 is 34.4 Å². The number of hydrogen-bond acceptors (Lipinski definition) is 2. The molecule has 0 saturated heterocycles. The minimum Gasteiger partial charge on any atom is -0.388 e. The number of hydrogen-bond donors (Lipinski definition) is 2. The molecule has 0 rings (SSSR count). The smallest absolute Gasteiger partial charge is 0.131 e. The van der Waals surface area contributed by atoms with Crippen LogP contribution in [0.4, 0.5) is 0 Å². The van der Waals surface area contributed by atoms with Crippen molar-refractivity contribution in [1.29, 1.82) is 0 Å². The Bertz CT molecular complexity index is 79.7. The summed E-state index contributed by atoms with van der Waals surface area (Å²) >= 11 is 8.66. The van der Waals surface area contributed by atoms with Crippen molar-refractivity contribution in [3.05, 3.63) is 0 Å². The number of rotatable bonds is 0. The fourth-order valence-electron chi connectivity index (χ4n) is 0. The molecule has 0 heterocycles. The second kappa shape index (κ2) is 4.43. The van der Waals surface area contributed by atoms with Gasteiger partial charge in [-0.15, -0.1) is 0 Å². The molecule has 0 fully saturated rings. The summed E-state index contributed by atoms with van der Waals surface area (Å²) < 4.78 is 0. The van der Waals surface area contributed by atoms with Crippen LogP contribution in [0, 0.1) is 0 Å². The Morgan fingerprint density at radius 3 is 1.14 bits per heavy atom. The first kappa shape index (κ1) is 10.3. The van der Waals surface area contributed by atoms with Crippen molar-refractivity contribution in [2.45, 2.75) is 0 Å². The van der Waals surface area contributed by atoms with E-state index in [1.54, 1.807) is 0 Å². The van der Waals surface area contributed by atoms with Gasteiger partial charge in [0.25, 0.3) is 0 Å². The summed E-state index contributed by atoms with van der Waals surface area (Å²) in [6.45, 7) is 0. The van der Waals surface area contributed by atoms with E-state index in [1.807, 2.05) is 0 Å². The van der Waals surface area contributed by atoms with Gasteiger partial charge in [0.15, 0.2) is 0 Å². The predicted octanol–water partition coefficient (Wildman–Crippen LogP) is -0.444. The van der Waals surface area contributed by atoms with Crippen LogP contribution in [0.25, 0.3) is 0 Å². The average Bonchev–Trinajstić information content (AvgIpc) is 1.36. The molecule has 5 heteroatoms. The predicted molar refractivity (Wildman–Crippen MR) is 33.6 cm³/mol. The molecule has 0 aromatic heterocycles. The SMILES string of the molecule is NC(=S)C(N)=S.[Ni]. The molecular weight excluding hydrogens is 175 g/mol. The van der Waals surface area contributed by atoms with Gasteiger partial charge in [-0.1, -0.05) is 24.4 Å². The maximum Gasteiger partial charge on any atom is 0.131 e. The largest absolute Gasteiger partial charge is 0.388 e. The van der Waals surface area contributed by atoms with Crippen LogP contribution < -0.4 is 11.5 Å². The van der Waals surface area contributed by atoms with Crippen molar-refractivity contribution in [3.63, 3.8) is 0 Å². The summed E-state index contributed by atoms with van der Waals surface area (Å²) in [5.74, 6) is 0. The van der Waals surface area contributed by atoms with E-state index in [9.17, 15) is 0 Å². The first-order chi connectivity index (χ1) is 2.64. The third kappa shape index (κ3) is 6.27. The molecule has 2 nitrogen and oxygen atoms in total. The summed E-state index contributed by atoms with van der Waals surface area (Å²) in [5, 5.41) is 0. The van der Waals surface area contributed by atoms with Gasteiger partial charge in [-0.2, -0.15) is 0 Å². The minimum atomic E-state index is 0. The maximum absolute atomic E-state index is 4.90. The molecule has 0 unspecified atom stereocenters. The zero-order valence-corrected chi connectivity index (χ0v) is 5.91. The van der Waals surface area contributed by atoms with E-state index in [0.717, 1.165) is 0 Å². The molecule has 0 aliphatic carbocycles. The van der Waals surface area contributed by atoms with Gasteiger partial charge in [-0.25, -0.2) is 0 Å². The van der Waals surface area contributed by atoms with Gasteiger partial charge in [-0.05, 0) is 0 Å². The molecule has 0 aliphatic rings. The van der Waals surface area contributed by atoms with E-state index in [1.165, 1.54) is 0 Å². The van der Waals surface area contributed by atoms with E-state index in [4.69, 9.17) is 11.5 Å². The zero-order valence-electron chi connectivity index (χ0n) is 3.29. The fraction of sp³-hybridized carbons (Fsp3) is 0. The molecule has 44 valence electrons. The third-order valence-electron chi connectivity index (χ3n) is 0.243. The summed E-state index contributed by atoms with van der Waals surface area (Å²) in [4.78, 5) is 0.204. The second-order valence-corrected chi connectivity index (χ2v) is 1.61. The van der Waals surface area contributed by atoms with Gasteiger partial charge in [0, 0.05) is 16.5 Å². The second-order valence-electron chi connectivity index (χ2n) is 0.729. The van der Waals surface area contributed by atoms with Crippen LogP contribution in [-0.4, -0.2) is 9.98 Å². The van der Waals surface area contributed by atoms with Gasteiger partial charge in [0.1, 0.15) is 9.98 Å². The van der Waals surface area contributed by atoms with Crippen LogP contribution in [0.1, 0.15) is 0 Å². The van der Waals surface area contributed by atoms with Crippen LogP contribution in [0.15, 0.2) is 0 Å². The molecule has 0 saturated carbocycles. The standard InChI is InChI=1S/C2H4N2S2.Ni/c3-1(5)2(4)6;/h(H2,3,5)(H2,4,6);. The molecule has 0 aromatic carbocycles. The molecule has 0 radical (unpaired) electrons. The van der Waals surface area contributed by atoms with Crippen LogP contribution >= 0.6 is 24.4 Å². The van der Waals surface area contributed by atoms with Crippen LogP contribution in [-0.2, 0) is 16.5 Å². The summed E-state index contributed by atoms with van der Waals surface area (Å²) in [6, 6.07) is 0. The van der Waals surface area contributed by atoms with Crippen molar-refractivity contribution in [2.24, 2.45) is 11.5 Å². The summed E-state index contributed by atoms with van der Waals surface area (Å²) in [5.41, 5.74) is 9.80. The van der Waals surface area contributed by atoms with Crippen LogP contribution in [0.3, 0.4) is 0 Å². The zero-order chi connectivity index (χ0) is 5.15. The Morgan fingerprint density at radius 1 is 1.00 bits per heavy atom. The normalized spacial score (nSPS) is 6.29. The molecule has 0 aliphatic heterocycles. The van der Waals surface area contributed by atoms with Gasteiger partial charge in [0.05, 0.1) is 0 Å². The monoisotopic (exact) mass is 178 g/mol. The first-order valence-electron chi connectivity index (χ1n) is 1.24. The molecule has 4 N–H and O–H groups in total. The summed E-state index contributed by atoms with van der Waals surface area (Å²) in [6.07, 6.45) is 0. The van der Waals surface area contributed by atoms with Gasteiger partial charge >= 0.3 is 0 Å². The number of nitrogens with two attached hydrogens (primary N) is 2. The first-order valence-corrected chi connectivity index (χ1v) is 2.05. The molecule has 0 bridgehead atoms. The Morgan fingerprint density at radius 2 is 1.14 bits per heavy atom. The van der Waals surface area contributed by atoms with E-state index < -0.39 is 0 Å². The van der Waals surface area contributed by atoms with E-state index >= 15 is 0 Å². The Balaban J connectivity index is 0. The van der Waals surface area contributed by atoms with E-state index in [0.29, 0.717) is 0 Å². The minimum absolute atomic E-state index is 0. The summed E-state index contributed by atoms with van der Waals surface area (Å²) in [7, 11) is 0. The fourth-order valence-corrected chi connectivity index (χ4v) is 0. The maximum atomic E-state index is 4.90. The molecule has 0 amide bonds. The van der Waals surface area contributed by atoms with Crippen molar-refractivity contribution in [2.75, 3.05) is 0 Å². The molecular formula is C2H4N2NiS2. The molecule has 0 spiro atoms. The third-order valence-corrected chi connectivity index (χ3v) is 0.812. The van der Waals surface area contributed by atoms with Crippen molar-refractivity contribution in [1.82, 2.24) is 0 Å². The van der Waals surface area contributed by atoms with Crippen molar-refractivity contribution < 1.29 is 16.5 Å². The molecule has 7 heavy (non-hydrogen) atoms. The van der Waals surface area contributed by atoms with Crippen LogP contribution in [0.2, 0.25) is 0 Å². The topological polar surface area (TPSA) is 52.0 Å². The van der Waals surface area contributed by atoms with Gasteiger partial charge < -0.3 is 11.5 Å². The average molecular weight is 179 g/mol. The van der Waals surface area contributed by atoms with E-state index in [-0.39, 0.29) is 26.5 Å². The molecule has 0 atom stereocenters. The van der Waals surface area contributed by atoms with Gasteiger partial charge in [-0.3, -0.25) is 0 Å². The van der Waals surface area contributed by atoms with Crippen molar-refractivity contribution in [3.8, 4) is 0 Å². The molecule has 0 aromatic rings. The number of thiocarbonyl (C=S) groups is 2.